The van der Waals surface area contributed by atoms with Gasteiger partial charge in [-0.25, -0.2) is 8.42 Å². The van der Waals surface area contributed by atoms with Gasteiger partial charge in [0.25, 0.3) is 0 Å². The van der Waals surface area contributed by atoms with Crippen LogP contribution in [0.4, 0.5) is 5.69 Å². The van der Waals surface area contributed by atoms with Crippen LogP contribution < -0.4 is 10.0 Å². The third kappa shape index (κ3) is 6.58. The minimum Gasteiger partial charge on any atom is -0.315 e. The zero-order valence-corrected chi connectivity index (χ0v) is 12.7. The van der Waals surface area contributed by atoms with Crippen molar-refractivity contribution in [1.29, 1.82) is 0 Å². The number of unbranched alkanes of at least 4 members (excludes halogenated alkanes) is 1. The third-order valence-corrected chi connectivity index (χ3v) is 4.00. The number of hydrogen-bond donors (Lipinski definition) is 2. The molecule has 0 fully saturated rings. The molecule has 2 N–H and O–H groups in total. The van der Waals surface area contributed by atoms with Crippen molar-refractivity contribution in [3.05, 3.63) is 12.4 Å². The van der Waals surface area contributed by atoms with Gasteiger partial charge in [-0.1, -0.05) is 13.8 Å². The third-order valence-electron chi connectivity index (χ3n) is 2.62. The largest absolute Gasteiger partial charge is 0.315 e. The Morgan fingerprint density at radius 3 is 2.68 bits per heavy atom. The van der Waals surface area contributed by atoms with E-state index in [9.17, 15) is 8.42 Å². The lowest BCUT2D eigenvalue weighted by Crippen LogP contribution is -2.24. The zero-order valence-electron chi connectivity index (χ0n) is 11.9. The van der Waals surface area contributed by atoms with E-state index in [4.69, 9.17) is 0 Å². The smallest absolute Gasteiger partial charge is 0.232 e. The van der Waals surface area contributed by atoms with Gasteiger partial charge in [0.15, 0.2) is 0 Å². The van der Waals surface area contributed by atoms with Gasteiger partial charge in [0.2, 0.25) is 10.0 Å². The lowest BCUT2D eigenvalue weighted by Gasteiger charge is -2.08. The molecule has 0 saturated carbocycles. The summed E-state index contributed by atoms with van der Waals surface area (Å²) in [6.07, 6.45) is 4.73. The van der Waals surface area contributed by atoms with E-state index < -0.39 is 10.0 Å². The minimum absolute atomic E-state index is 0.143. The van der Waals surface area contributed by atoms with Crippen LogP contribution in [0, 0.1) is 0 Å². The Kier molecular flexibility index (Phi) is 6.30. The second-order valence-corrected chi connectivity index (χ2v) is 6.66. The maximum Gasteiger partial charge on any atom is 0.232 e. The van der Waals surface area contributed by atoms with Crippen molar-refractivity contribution < 1.29 is 8.42 Å². The van der Waals surface area contributed by atoms with Crippen molar-refractivity contribution in [2.45, 2.75) is 46.2 Å². The van der Waals surface area contributed by atoms with Crippen LogP contribution in [0.2, 0.25) is 0 Å². The Hall–Kier alpha value is -1.08. The molecule has 0 atom stereocenters. The second kappa shape index (κ2) is 7.49. The molecule has 1 heterocycles. The Morgan fingerprint density at radius 1 is 1.37 bits per heavy atom. The van der Waals surface area contributed by atoms with Crippen LogP contribution in [0.15, 0.2) is 12.4 Å². The number of rotatable bonds is 9. The van der Waals surface area contributed by atoms with Gasteiger partial charge in [0, 0.05) is 18.8 Å². The molecule has 1 aromatic heterocycles. The summed E-state index contributed by atoms with van der Waals surface area (Å²) >= 11 is 0. The van der Waals surface area contributed by atoms with Gasteiger partial charge in [0.1, 0.15) is 0 Å². The van der Waals surface area contributed by atoms with Crippen LogP contribution >= 0.6 is 0 Å². The summed E-state index contributed by atoms with van der Waals surface area (Å²) in [4.78, 5) is 0. The second-order valence-electron chi connectivity index (χ2n) is 4.82. The zero-order chi connectivity index (χ0) is 14.3. The van der Waals surface area contributed by atoms with Crippen LogP contribution in [0.1, 0.15) is 33.6 Å². The first-order valence-electron chi connectivity index (χ1n) is 6.69. The Bertz CT molecular complexity index is 468. The highest BCUT2D eigenvalue weighted by molar-refractivity contribution is 7.92. The van der Waals surface area contributed by atoms with Crippen LogP contribution in [0.5, 0.6) is 0 Å². The molecule has 1 rings (SSSR count). The Morgan fingerprint density at radius 2 is 2.11 bits per heavy atom. The molecule has 19 heavy (non-hydrogen) atoms. The van der Waals surface area contributed by atoms with E-state index in [1.807, 2.05) is 6.92 Å². The molecule has 0 aromatic carbocycles. The molecule has 6 nitrogen and oxygen atoms in total. The number of anilines is 1. The van der Waals surface area contributed by atoms with Gasteiger partial charge in [-0.3, -0.25) is 9.40 Å². The van der Waals surface area contributed by atoms with Gasteiger partial charge in [-0.15, -0.1) is 0 Å². The van der Waals surface area contributed by atoms with Gasteiger partial charge < -0.3 is 5.32 Å². The summed E-state index contributed by atoms with van der Waals surface area (Å²) in [5.74, 6) is 0.143. The quantitative estimate of drug-likeness (QED) is 0.674. The average molecular weight is 288 g/mol. The predicted octanol–water partition coefficient (Wildman–Crippen LogP) is 1.42. The first kappa shape index (κ1) is 16.0. The molecule has 0 aliphatic heterocycles. The Balaban J connectivity index is 2.31. The summed E-state index contributed by atoms with van der Waals surface area (Å²) in [7, 11) is -3.26. The van der Waals surface area contributed by atoms with Crippen LogP contribution in [0.3, 0.4) is 0 Å². The number of hydrogen-bond acceptors (Lipinski definition) is 4. The topological polar surface area (TPSA) is 76.0 Å². The van der Waals surface area contributed by atoms with Crippen molar-refractivity contribution in [2.75, 3.05) is 17.0 Å². The minimum atomic E-state index is -3.26. The monoisotopic (exact) mass is 288 g/mol. The standard InChI is InChI=1S/C12H24N4O2S/c1-4-16-10-12(9-14-16)15-19(17,18)8-6-5-7-13-11(2)3/h9-11,13,15H,4-8H2,1-3H3. The van der Waals surface area contributed by atoms with Crippen molar-refractivity contribution in [1.82, 2.24) is 15.1 Å². The molecule has 0 spiro atoms. The summed E-state index contributed by atoms with van der Waals surface area (Å²) < 4.78 is 27.9. The fourth-order valence-corrected chi connectivity index (χ4v) is 2.78. The fraction of sp³-hybridized carbons (Fsp3) is 0.750. The lowest BCUT2D eigenvalue weighted by molar-refractivity contribution is 0.561. The van der Waals surface area contributed by atoms with E-state index >= 15 is 0 Å². The molecule has 0 bridgehead atoms. The van der Waals surface area contributed by atoms with Crippen molar-refractivity contribution >= 4 is 15.7 Å². The molecule has 110 valence electrons. The van der Waals surface area contributed by atoms with Crippen LogP contribution in [0.25, 0.3) is 0 Å². The van der Waals surface area contributed by atoms with E-state index in [0.717, 1.165) is 19.5 Å². The first-order valence-corrected chi connectivity index (χ1v) is 8.34. The predicted molar refractivity (Wildman–Crippen MR) is 77.7 cm³/mol. The molecule has 0 aliphatic carbocycles. The van der Waals surface area contributed by atoms with Crippen molar-refractivity contribution in [2.24, 2.45) is 0 Å². The van der Waals surface area contributed by atoms with Gasteiger partial charge in [-0.05, 0) is 26.3 Å². The van der Waals surface area contributed by atoms with E-state index in [-0.39, 0.29) is 5.75 Å². The molecule has 0 aliphatic rings. The highest BCUT2D eigenvalue weighted by Gasteiger charge is 2.11. The maximum absolute atomic E-state index is 11.8. The molecule has 1 aromatic rings. The van der Waals surface area contributed by atoms with E-state index in [1.165, 1.54) is 6.20 Å². The maximum atomic E-state index is 11.8. The summed E-state index contributed by atoms with van der Waals surface area (Å²) in [5.41, 5.74) is 0.530. The number of aromatic nitrogens is 2. The Labute approximate surface area is 115 Å². The molecule has 0 unspecified atom stereocenters. The molecule has 0 radical (unpaired) electrons. The van der Waals surface area contributed by atoms with Gasteiger partial charge in [0.05, 0.1) is 17.6 Å². The van der Waals surface area contributed by atoms with Gasteiger partial charge >= 0.3 is 0 Å². The molecule has 0 saturated heterocycles. The average Bonchev–Trinajstić information content (AvgIpc) is 2.75. The molecule has 7 heteroatoms. The van der Waals surface area contributed by atoms with E-state index in [0.29, 0.717) is 18.2 Å². The summed E-state index contributed by atoms with van der Waals surface area (Å²) in [6.45, 7) is 7.67. The molecular formula is C12H24N4O2S. The number of nitrogens with one attached hydrogen (secondary N) is 2. The van der Waals surface area contributed by atoms with E-state index in [1.54, 1.807) is 10.9 Å². The normalized spacial score (nSPS) is 12.0. The highest BCUT2D eigenvalue weighted by Crippen LogP contribution is 2.08. The summed E-state index contributed by atoms with van der Waals surface area (Å²) in [6, 6.07) is 0.439. The lowest BCUT2D eigenvalue weighted by atomic mass is 10.3. The number of sulfonamides is 1. The molecule has 0 amide bonds. The highest BCUT2D eigenvalue weighted by atomic mass is 32.2. The van der Waals surface area contributed by atoms with E-state index in [2.05, 4.69) is 29.0 Å². The SMILES string of the molecule is CCn1cc(NS(=O)(=O)CCCCNC(C)C)cn1. The first-order chi connectivity index (χ1) is 8.93. The van der Waals surface area contributed by atoms with Crippen LogP contribution in [-0.4, -0.2) is 36.5 Å². The number of nitrogens with zero attached hydrogens (tertiary/aromatic N) is 2. The molecular weight excluding hydrogens is 264 g/mol. The number of aryl methyl sites for hydroxylation is 1. The van der Waals surface area contributed by atoms with Gasteiger partial charge in [-0.2, -0.15) is 5.10 Å². The van der Waals surface area contributed by atoms with Crippen molar-refractivity contribution in [3.8, 4) is 0 Å². The summed E-state index contributed by atoms with van der Waals surface area (Å²) in [5, 5.41) is 7.29. The van der Waals surface area contributed by atoms with Crippen LogP contribution in [-0.2, 0) is 16.6 Å². The fourth-order valence-electron chi connectivity index (χ4n) is 1.63. The van der Waals surface area contributed by atoms with Crippen molar-refractivity contribution in [3.63, 3.8) is 0 Å².